The first-order valence-corrected chi connectivity index (χ1v) is 11.2. The normalized spacial score (nSPS) is 17.0. The number of amides is 2. The van der Waals surface area contributed by atoms with Gasteiger partial charge >= 0.3 is 0 Å². The Morgan fingerprint density at radius 3 is 2.27 bits per heavy atom. The van der Waals surface area contributed by atoms with Crippen molar-refractivity contribution in [2.24, 2.45) is 0 Å². The molecule has 30 heavy (non-hydrogen) atoms. The van der Waals surface area contributed by atoms with E-state index in [4.69, 9.17) is 11.6 Å². The highest BCUT2D eigenvalue weighted by molar-refractivity contribution is 6.30. The number of nitrogens with zero attached hydrogens (tertiary/aromatic N) is 1. The molecular formula is C24H28ClN3O2. The molecule has 2 aliphatic rings. The van der Waals surface area contributed by atoms with Gasteiger partial charge in [-0.2, -0.15) is 0 Å². The summed E-state index contributed by atoms with van der Waals surface area (Å²) in [4.78, 5) is 28.0. The van der Waals surface area contributed by atoms with E-state index in [1.165, 1.54) is 19.3 Å². The Kier molecular flexibility index (Phi) is 6.58. The van der Waals surface area contributed by atoms with Crippen LogP contribution < -0.4 is 15.5 Å². The lowest BCUT2D eigenvalue weighted by atomic mass is 9.95. The maximum absolute atomic E-state index is 13.2. The van der Waals surface area contributed by atoms with Crippen LogP contribution in [0.2, 0.25) is 5.02 Å². The zero-order valence-electron chi connectivity index (χ0n) is 17.1. The van der Waals surface area contributed by atoms with Gasteiger partial charge < -0.3 is 15.5 Å². The average molecular weight is 426 g/mol. The second-order valence-corrected chi connectivity index (χ2v) is 8.63. The molecule has 2 amide bonds. The van der Waals surface area contributed by atoms with Gasteiger partial charge in [0.15, 0.2) is 0 Å². The van der Waals surface area contributed by atoms with Crippen LogP contribution >= 0.6 is 11.6 Å². The summed E-state index contributed by atoms with van der Waals surface area (Å²) in [6, 6.07) is 12.6. The molecule has 2 fully saturated rings. The summed E-state index contributed by atoms with van der Waals surface area (Å²) in [5, 5.41) is 6.72. The molecule has 0 aromatic heterocycles. The molecule has 6 heteroatoms. The minimum absolute atomic E-state index is 0.0496. The molecule has 1 heterocycles. The van der Waals surface area contributed by atoms with Crippen molar-refractivity contribution in [1.29, 1.82) is 0 Å². The predicted molar refractivity (Wildman–Crippen MR) is 122 cm³/mol. The van der Waals surface area contributed by atoms with E-state index in [1.54, 1.807) is 30.3 Å². The maximum atomic E-state index is 13.2. The number of anilines is 2. The van der Waals surface area contributed by atoms with Crippen molar-refractivity contribution in [2.45, 2.75) is 51.0 Å². The average Bonchev–Trinajstić information content (AvgIpc) is 3.29. The molecular weight excluding hydrogens is 398 g/mol. The minimum atomic E-state index is -0.223. The number of nitrogens with one attached hydrogen (secondary N) is 2. The fraction of sp³-hybridized carbons (Fsp3) is 0.417. The Bertz CT molecular complexity index is 901. The fourth-order valence-electron chi connectivity index (χ4n) is 4.34. The topological polar surface area (TPSA) is 61.4 Å². The zero-order chi connectivity index (χ0) is 20.9. The summed E-state index contributed by atoms with van der Waals surface area (Å²) in [6.07, 6.45) is 7.94. The number of carbonyl (C=O) groups is 2. The number of hydrogen-bond donors (Lipinski definition) is 2. The maximum Gasteiger partial charge on any atom is 0.255 e. The van der Waals surface area contributed by atoms with Gasteiger partial charge in [-0.1, -0.05) is 30.9 Å². The van der Waals surface area contributed by atoms with Crippen molar-refractivity contribution in [3.63, 3.8) is 0 Å². The van der Waals surface area contributed by atoms with Crippen LogP contribution in [0.5, 0.6) is 0 Å². The van der Waals surface area contributed by atoms with E-state index in [-0.39, 0.29) is 17.9 Å². The highest BCUT2D eigenvalue weighted by atomic mass is 35.5. The standard InChI is InChI=1S/C24H28ClN3O2/c25-18-10-8-17(9-11-18)23(29)27-20-12-13-22(28-14-4-5-15-28)21(16-20)24(30)26-19-6-2-1-3-7-19/h8-13,16,19H,1-7,14-15H2,(H,26,30)(H,27,29). The highest BCUT2D eigenvalue weighted by Crippen LogP contribution is 2.28. The lowest BCUT2D eigenvalue weighted by Gasteiger charge is -2.25. The van der Waals surface area contributed by atoms with Crippen molar-refractivity contribution in [3.8, 4) is 0 Å². The first-order valence-electron chi connectivity index (χ1n) is 10.9. The fourth-order valence-corrected chi connectivity index (χ4v) is 4.47. The molecule has 158 valence electrons. The van der Waals surface area contributed by atoms with Crippen molar-refractivity contribution in [1.82, 2.24) is 5.32 Å². The third-order valence-electron chi connectivity index (χ3n) is 5.99. The lowest BCUT2D eigenvalue weighted by Crippen LogP contribution is -2.37. The number of benzene rings is 2. The smallest absolute Gasteiger partial charge is 0.255 e. The Labute approximate surface area is 182 Å². The van der Waals surface area contributed by atoms with E-state index in [0.717, 1.165) is 44.5 Å². The third-order valence-corrected chi connectivity index (χ3v) is 6.24. The molecule has 5 nitrogen and oxygen atoms in total. The van der Waals surface area contributed by atoms with Crippen molar-refractivity contribution in [3.05, 3.63) is 58.6 Å². The van der Waals surface area contributed by atoms with E-state index in [2.05, 4.69) is 15.5 Å². The van der Waals surface area contributed by atoms with Crippen molar-refractivity contribution >= 4 is 34.8 Å². The van der Waals surface area contributed by atoms with Gasteiger partial charge in [-0.3, -0.25) is 9.59 Å². The third kappa shape index (κ3) is 4.96. The van der Waals surface area contributed by atoms with Gasteiger partial charge in [0.1, 0.15) is 0 Å². The summed E-state index contributed by atoms with van der Waals surface area (Å²) in [5.41, 5.74) is 2.73. The van der Waals surface area contributed by atoms with Gasteiger partial charge in [-0.15, -0.1) is 0 Å². The highest BCUT2D eigenvalue weighted by Gasteiger charge is 2.23. The molecule has 4 rings (SSSR count). The van der Waals surface area contributed by atoms with Crippen molar-refractivity contribution in [2.75, 3.05) is 23.3 Å². The predicted octanol–water partition coefficient (Wildman–Crippen LogP) is 5.26. The Balaban J connectivity index is 1.56. The van der Waals surface area contributed by atoms with Crippen LogP contribution in [-0.2, 0) is 0 Å². The largest absolute Gasteiger partial charge is 0.371 e. The molecule has 0 spiro atoms. The lowest BCUT2D eigenvalue weighted by molar-refractivity contribution is 0.0927. The Morgan fingerprint density at radius 2 is 1.57 bits per heavy atom. The molecule has 2 aromatic carbocycles. The van der Waals surface area contributed by atoms with Crippen LogP contribution in [0.1, 0.15) is 65.7 Å². The molecule has 0 radical (unpaired) electrons. The van der Waals surface area contributed by atoms with Gasteiger partial charge in [0, 0.05) is 41.1 Å². The molecule has 0 unspecified atom stereocenters. The molecule has 0 atom stereocenters. The van der Waals surface area contributed by atoms with Crippen LogP contribution in [0.25, 0.3) is 0 Å². The quantitative estimate of drug-likeness (QED) is 0.687. The number of carbonyl (C=O) groups excluding carboxylic acids is 2. The Morgan fingerprint density at radius 1 is 0.867 bits per heavy atom. The SMILES string of the molecule is O=C(Nc1ccc(N2CCCC2)c(C(=O)NC2CCCCC2)c1)c1ccc(Cl)cc1. The van der Waals surface area contributed by atoms with Gasteiger partial charge in [0.05, 0.1) is 5.56 Å². The van der Waals surface area contributed by atoms with Crippen LogP contribution in [0, 0.1) is 0 Å². The van der Waals surface area contributed by atoms with Gasteiger partial charge in [-0.25, -0.2) is 0 Å². The van der Waals surface area contributed by atoms with Crippen LogP contribution in [0.3, 0.4) is 0 Å². The summed E-state index contributed by atoms with van der Waals surface area (Å²) in [5.74, 6) is -0.273. The van der Waals surface area contributed by atoms with E-state index >= 15 is 0 Å². The number of rotatable bonds is 5. The van der Waals surface area contributed by atoms with E-state index < -0.39 is 0 Å². The number of halogens is 1. The summed E-state index contributed by atoms with van der Waals surface area (Å²) in [6.45, 7) is 1.92. The molecule has 0 bridgehead atoms. The van der Waals surface area contributed by atoms with Crippen LogP contribution in [-0.4, -0.2) is 30.9 Å². The first-order chi connectivity index (χ1) is 14.6. The Hall–Kier alpha value is -2.53. The summed E-state index contributed by atoms with van der Waals surface area (Å²) in [7, 11) is 0. The minimum Gasteiger partial charge on any atom is -0.371 e. The second kappa shape index (κ2) is 9.52. The molecule has 1 aliphatic carbocycles. The van der Waals surface area contributed by atoms with E-state index in [0.29, 0.717) is 21.8 Å². The van der Waals surface area contributed by atoms with Crippen LogP contribution in [0.4, 0.5) is 11.4 Å². The summed E-state index contributed by atoms with van der Waals surface area (Å²) >= 11 is 5.91. The van der Waals surface area contributed by atoms with Gasteiger partial charge in [-0.05, 0) is 68.1 Å². The molecule has 1 saturated heterocycles. The summed E-state index contributed by atoms with van der Waals surface area (Å²) < 4.78 is 0. The van der Waals surface area contributed by atoms with Crippen molar-refractivity contribution < 1.29 is 9.59 Å². The monoisotopic (exact) mass is 425 g/mol. The van der Waals surface area contributed by atoms with E-state index in [9.17, 15) is 9.59 Å². The molecule has 1 saturated carbocycles. The molecule has 1 aliphatic heterocycles. The van der Waals surface area contributed by atoms with E-state index in [1.807, 2.05) is 12.1 Å². The number of hydrogen-bond acceptors (Lipinski definition) is 3. The van der Waals surface area contributed by atoms with Gasteiger partial charge in [0.2, 0.25) is 0 Å². The molecule has 2 aromatic rings. The van der Waals surface area contributed by atoms with Gasteiger partial charge in [0.25, 0.3) is 11.8 Å². The van der Waals surface area contributed by atoms with Crippen LogP contribution in [0.15, 0.2) is 42.5 Å². The first kappa shape index (κ1) is 20.7. The second-order valence-electron chi connectivity index (χ2n) is 8.20. The zero-order valence-corrected chi connectivity index (χ0v) is 17.9. The molecule has 2 N–H and O–H groups in total.